The number of ketones is 1. The lowest BCUT2D eigenvalue weighted by atomic mass is 10.1. The van der Waals surface area contributed by atoms with Crippen LogP contribution in [-0.4, -0.2) is 15.4 Å². The molecule has 0 fully saturated rings. The van der Waals surface area contributed by atoms with Crippen molar-refractivity contribution >= 4 is 17.3 Å². The van der Waals surface area contributed by atoms with Crippen molar-refractivity contribution in [1.82, 2.24) is 9.59 Å². The summed E-state index contributed by atoms with van der Waals surface area (Å²) >= 11 is 1.12. The third-order valence-electron chi connectivity index (χ3n) is 1.62. The number of carbonyl (C=O) groups is 1. The zero-order valence-corrected chi connectivity index (χ0v) is 7.49. The SMILES string of the molecule is O=C(c1ccccc1)c1cnns1. The molecule has 0 saturated carbocycles. The first-order valence-electron chi connectivity index (χ1n) is 3.75. The summed E-state index contributed by atoms with van der Waals surface area (Å²) in [5.74, 6) is -0.0180. The van der Waals surface area contributed by atoms with E-state index in [0.717, 1.165) is 11.5 Å². The van der Waals surface area contributed by atoms with Gasteiger partial charge in [0.1, 0.15) is 4.88 Å². The van der Waals surface area contributed by atoms with Gasteiger partial charge >= 0.3 is 0 Å². The van der Waals surface area contributed by atoms with Crippen LogP contribution >= 0.6 is 11.5 Å². The lowest BCUT2D eigenvalue weighted by molar-refractivity contribution is 0.104. The van der Waals surface area contributed by atoms with Crippen LogP contribution in [-0.2, 0) is 0 Å². The van der Waals surface area contributed by atoms with Crippen molar-refractivity contribution in [3.8, 4) is 0 Å². The molecule has 0 bridgehead atoms. The van der Waals surface area contributed by atoms with Crippen molar-refractivity contribution in [1.29, 1.82) is 0 Å². The molecule has 2 rings (SSSR count). The van der Waals surface area contributed by atoms with E-state index in [9.17, 15) is 4.79 Å². The van der Waals surface area contributed by atoms with Gasteiger partial charge in [0.15, 0.2) is 0 Å². The highest BCUT2D eigenvalue weighted by atomic mass is 32.1. The van der Waals surface area contributed by atoms with Gasteiger partial charge in [-0.1, -0.05) is 34.8 Å². The highest BCUT2D eigenvalue weighted by Gasteiger charge is 2.09. The Morgan fingerprint density at radius 2 is 2.00 bits per heavy atom. The van der Waals surface area contributed by atoms with Crippen LogP contribution in [0.5, 0.6) is 0 Å². The first kappa shape index (κ1) is 8.07. The molecule has 0 radical (unpaired) electrons. The van der Waals surface area contributed by atoms with E-state index in [1.54, 1.807) is 12.1 Å². The number of nitrogens with zero attached hydrogens (tertiary/aromatic N) is 2. The molecule has 1 aromatic heterocycles. The van der Waals surface area contributed by atoms with Crippen molar-refractivity contribution in [2.75, 3.05) is 0 Å². The van der Waals surface area contributed by atoms with Crippen LogP contribution in [0.15, 0.2) is 36.5 Å². The molecule has 0 aliphatic rings. The Hall–Kier alpha value is -1.55. The fourth-order valence-corrected chi connectivity index (χ4v) is 1.48. The standard InChI is InChI=1S/C9H6N2OS/c12-9(8-6-10-11-13-8)7-4-2-1-3-5-7/h1-6H. The molecule has 2 aromatic rings. The number of hydrogen-bond acceptors (Lipinski definition) is 4. The second-order valence-corrected chi connectivity index (χ2v) is 3.26. The average Bonchev–Trinajstić information content (AvgIpc) is 2.71. The number of benzene rings is 1. The van der Waals surface area contributed by atoms with Crippen molar-refractivity contribution < 1.29 is 4.79 Å². The minimum atomic E-state index is -0.0180. The van der Waals surface area contributed by atoms with Gasteiger partial charge in [0, 0.05) is 5.56 Å². The average molecular weight is 190 g/mol. The monoisotopic (exact) mass is 190 g/mol. The second kappa shape index (κ2) is 3.45. The summed E-state index contributed by atoms with van der Waals surface area (Å²) in [4.78, 5) is 12.2. The van der Waals surface area contributed by atoms with E-state index in [1.807, 2.05) is 18.2 Å². The Morgan fingerprint density at radius 3 is 2.62 bits per heavy atom. The van der Waals surface area contributed by atoms with Gasteiger partial charge in [0.2, 0.25) is 5.78 Å². The molecule has 1 heterocycles. The maximum Gasteiger partial charge on any atom is 0.206 e. The minimum absolute atomic E-state index is 0.0180. The number of hydrogen-bond donors (Lipinski definition) is 0. The normalized spacial score (nSPS) is 9.85. The molecule has 4 heteroatoms. The van der Waals surface area contributed by atoms with Crippen LogP contribution in [0.25, 0.3) is 0 Å². The summed E-state index contributed by atoms with van der Waals surface area (Å²) in [7, 11) is 0. The lowest BCUT2D eigenvalue weighted by Crippen LogP contribution is -1.97. The highest BCUT2D eigenvalue weighted by Crippen LogP contribution is 2.10. The fraction of sp³-hybridized carbons (Fsp3) is 0. The van der Waals surface area contributed by atoms with E-state index < -0.39 is 0 Å². The number of carbonyl (C=O) groups excluding carboxylic acids is 1. The van der Waals surface area contributed by atoms with Gasteiger partial charge in [0.25, 0.3) is 0 Å². The van der Waals surface area contributed by atoms with Crippen LogP contribution in [0.4, 0.5) is 0 Å². The molecule has 1 aromatic carbocycles. The summed E-state index contributed by atoms with van der Waals surface area (Å²) in [6.07, 6.45) is 1.49. The Morgan fingerprint density at radius 1 is 1.23 bits per heavy atom. The third-order valence-corrected chi connectivity index (χ3v) is 2.28. The van der Waals surface area contributed by atoms with Gasteiger partial charge in [-0.2, -0.15) is 0 Å². The maximum absolute atomic E-state index is 11.6. The van der Waals surface area contributed by atoms with Gasteiger partial charge in [-0.15, -0.1) is 5.10 Å². The predicted octanol–water partition coefficient (Wildman–Crippen LogP) is 1.77. The molecule has 0 aliphatic carbocycles. The van der Waals surface area contributed by atoms with Crippen molar-refractivity contribution in [2.24, 2.45) is 0 Å². The molecule has 13 heavy (non-hydrogen) atoms. The van der Waals surface area contributed by atoms with Gasteiger partial charge in [-0.3, -0.25) is 4.79 Å². The zero-order chi connectivity index (χ0) is 9.10. The fourth-order valence-electron chi connectivity index (χ4n) is 0.999. The van der Waals surface area contributed by atoms with Crippen LogP contribution in [0.3, 0.4) is 0 Å². The summed E-state index contributed by atoms with van der Waals surface area (Å²) in [6.45, 7) is 0. The van der Waals surface area contributed by atoms with Crippen LogP contribution < -0.4 is 0 Å². The Kier molecular flexibility index (Phi) is 2.14. The molecule has 0 saturated heterocycles. The lowest BCUT2D eigenvalue weighted by Gasteiger charge is -1.94. The predicted molar refractivity (Wildman–Crippen MR) is 49.8 cm³/mol. The topological polar surface area (TPSA) is 42.9 Å². The van der Waals surface area contributed by atoms with Crippen molar-refractivity contribution in [3.05, 3.63) is 47.0 Å². The molecule has 0 spiro atoms. The second-order valence-electron chi connectivity index (χ2n) is 2.48. The first-order valence-corrected chi connectivity index (χ1v) is 4.52. The van der Waals surface area contributed by atoms with E-state index in [-0.39, 0.29) is 5.78 Å². The molecule has 0 N–H and O–H groups in total. The zero-order valence-electron chi connectivity index (χ0n) is 6.68. The summed E-state index contributed by atoms with van der Waals surface area (Å²) < 4.78 is 3.64. The van der Waals surface area contributed by atoms with Crippen LogP contribution in [0, 0.1) is 0 Å². The van der Waals surface area contributed by atoms with E-state index >= 15 is 0 Å². The first-order chi connectivity index (χ1) is 6.38. The number of aromatic nitrogens is 2. The quantitative estimate of drug-likeness (QED) is 0.678. The Balaban J connectivity index is 2.34. The third kappa shape index (κ3) is 1.62. The van der Waals surface area contributed by atoms with E-state index in [1.165, 1.54) is 6.20 Å². The summed E-state index contributed by atoms with van der Waals surface area (Å²) in [6, 6.07) is 9.11. The molecule has 0 amide bonds. The molecule has 0 atom stereocenters. The van der Waals surface area contributed by atoms with Crippen molar-refractivity contribution in [2.45, 2.75) is 0 Å². The highest BCUT2D eigenvalue weighted by molar-refractivity contribution is 7.08. The smallest absolute Gasteiger partial charge is 0.206 e. The van der Waals surface area contributed by atoms with E-state index in [4.69, 9.17) is 0 Å². The van der Waals surface area contributed by atoms with Gasteiger partial charge in [0.05, 0.1) is 6.20 Å². The van der Waals surface area contributed by atoms with Gasteiger partial charge in [-0.25, -0.2) is 0 Å². The molecule has 3 nitrogen and oxygen atoms in total. The van der Waals surface area contributed by atoms with Crippen LogP contribution in [0.2, 0.25) is 0 Å². The van der Waals surface area contributed by atoms with Gasteiger partial charge < -0.3 is 0 Å². The van der Waals surface area contributed by atoms with E-state index in [2.05, 4.69) is 9.59 Å². The maximum atomic E-state index is 11.6. The van der Waals surface area contributed by atoms with Crippen LogP contribution in [0.1, 0.15) is 15.2 Å². The molecular formula is C9H6N2OS. The summed E-state index contributed by atoms with van der Waals surface area (Å²) in [5.41, 5.74) is 0.675. The molecule has 64 valence electrons. The molecule has 0 aliphatic heterocycles. The Labute approximate surface area is 79.2 Å². The Bertz CT molecular complexity index is 397. The number of rotatable bonds is 2. The van der Waals surface area contributed by atoms with E-state index in [0.29, 0.717) is 10.4 Å². The van der Waals surface area contributed by atoms with Gasteiger partial charge in [-0.05, 0) is 11.5 Å². The van der Waals surface area contributed by atoms with Crippen molar-refractivity contribution in [3.63, 3.8) is 0 Å². The molecular weight excluding hydrogens is 184 g/mol. The minimum Gasteiger partial charge on any atom is -0.288 e. The summed E-state index contributed by atoms with van der Waals surface area (Å²) in [5, 5.41) is 3.62. The molecule has 0 unspecified atom stereocenters. The largest absolute Gasteiger partial charge is 0.288 e.